The van der Waals surface area contributed by atoms with Gasteiger partial charge in [0.05, 0.1) is 12.8 Å². The third kappa shape index (κ3) is 5.85. The minimum atomic E-state index is -2.92. The molecule has 11 heteroatoms. The molecule has 1 radical (unpaired) electrons. The summed E-state index contributed by atoms with van der Waals surface area (Å²) in [6.45, 7) is 0. The van der Waals surface area contributed by atoms with Gasteiger partial charge >= 0.3 is 17.9 Å². The molecule has 0 aliphatic heterocycles. The second kappa shape index (κ2) is 6.83. The molecule has 0 saturated carbocycles. The molecule has 0 rings (SSSR count). The van der Waals surface area contributed by atoms with Crippen LogP contribution < -0.4 is 0 Å². The van der Waals surface area contributed by atoms with Gasteiger partial charge in [0.1, 0.15) is 0 Å². The summed E-state index contributed by atoms with van der Waals surface area (Å²) >= 11 is 0. The molecular weight excluding hydrogens is 338 g/mol. The molecule has 0 aliphatic carbocycles. The summed E-state index contributed by atoms with van der Waals surface area (Å²) in [7, 11) is 0. The number of aliphatic carboxylic acids is 3. The van der Waals surface area contributed by atoms with Gasteiger partial charge in [0, 0.05) is 22.4 Å². The Morgan fingerprint density at radius 3 is 1.65 bits per heavy atom. The molecular formula is C6H7AgNO9. The van der Waals surface area contributed by atoms with Gasteiger partial charge in [-0.05, 0) is 0 Å². The molecule has 0 spiro atoms. The van der Waals surface area contributed by atoms with Crippen molar-refractivity contribution < 1.29 is 62.0 Å². The zero-order valence-corrected chi connectivity index (χ0v) is 9.44. The van der Waals surface area contributed by atoms with Crippen LogP contribution in [-0.4, -0.2) is 43.9 Å². The third-order valence-corrected chi connectivity index (χ3v) is 1.51. The molecule has 0 atom stereocenters. The van der Waals surface area contributed by atoms with Crippen LogP contribution in [0.5, 0.6) is 0 Å². The summed E-state index contributed by atoms with van der Waals surface area (Å²) < 4.78 is 0. The Kier molecular flexibility index (Phi) is 7.13. The van der Waals surface area contributed by atoms with Crippen LogP contribution >= 0.6 is 0 Å². The van der Waals surface area contributed by atoms with E-state index in [2.05, 4.69) is 4.84 Å². The van der Waals surface area contributed by atoms with E-state index in [1.165, 1.54) is 0 Å². The van der Waals surface area contributed by atoms with Crippen molar-refractivity contribution in [2.24, 2.45) is 0 Å². The van der Waals surface area contributed by atoms with E-state index in [0.717, 1.165) is 0 Å². The van der Waals surface area contributed by atoms with Gasteiger partial charge in [0.2, 0.25) is 5.60 Å². The van der Waals surface area contributed by atoms with Gasteiger partial charge in [0.15, 0.2) is 0 Å². The van der Waals surface area contributed by atoms with Crippen molar-refractivity contribution in [3.8, 4) is 0 Å². The number of carbonyl (C=O) groups is 3. The molecule has 0 amide bonds. The topological polar surface area (TPSA) is 164 Å². The standard InChI is InChI=1S/C6H7NO9.Ag/c8-3(9)1-6(5(12)13,2-4(10)11)16-7(14)15;/h1-2H2,(H,8,9)(H,10,11)(H,12,13);. The smallest absolute Gasteiger partial charge is 0.337 e. The van der Waals surface area contributed by atoms with Crippen molar-refractivity contribution in [1.82, 2.24) is 0 Å². The Balaban J connectivity index is 0. The quantitative estimate of drug-likeness (QED) is 0.297. The van der Waals surface area contributed by atoms with Crippen molar-refractivity contribution in [2.75, 3.05) is 0 Å². The first kappa shape index (κ1) is 17.7. The van der Waals surface area contributed by atoms with E-state index < -0.39 is 41.4 Å². The van der Waals surface area contributed by atoms with E-state index in [4.69, 9.17) is 15.3 Å². The Morgan fingerprint density at radius 1 is 1.12 bits per heavy atom. The minimum Gasteiger partial charge on any atom is -0.481 e. The van der Waals surface area contributed by atoms with Crippen molar-refractivity contribution in [3.63, 3.8) is 0 Å². The average Bonchev–Trinajstić information content (AvgIpc) is 1.98. The molecule has 0 aromatic carbocycles. The Morgan fingerprint density at radius 2 is 1.47 bits per heavy atom. The predicted octanol–water partition coefficient (Wildman–Crippen LogP) is -1.03. The van der Waals surface area contributed by atoms with Crippen molar-refractivity contribution in [3.05, 3.63) is 10.1 Å². The Hall–Kier alpha value is -1.65. The molecule has 17 heavy (non-hydrogen) atoms. The summed E-state index contributed by atoms with van der Waals surface area (Å²) in [5.41, 5.74) is -2.92. The third-order valence-electron chi connectivity index (χ3n) is 1.51. The van der Waals surface area contributed by atoms with Crippen LogP contribution in [0.15, 0.2) is 0 Å². The van der Waals surface area contributed by atoms with E-state index >= 15 is 0 Å². The predicted molar refractivity (Wildman–Crippen MR) is 43.0 cm³/mol. The number of carboxylic acid groups (broad SMARTS) is 3. The Labute approximate surface area is 109 Å². The zero-order chi connectivity index (χ0) is 12.9. The number of hydrogen-bond acceptors (Lipinski definition) is 6. The van der Waals surface area contributed by atoms with E-state index in [9.17, 15) is 24.5 Å². The summed E-state index contributed by atoms with van der Waals surface area (Å²) in [6, 6.07) is 0. The maximum atomic E-state index is 10.7. The van der Waals surface area contributed by atoms with Crippen LogP contribution in [0.1, 0.15) is 12.8 Å². The largest absolute Gasteiger partial charge is 0.481 e. The van der Waals surface area contributed by atoms with Gasteiger partial charge in [-0.1, -0.05) is 0 Å². The molecule has 3 N–H and O–H groups in total. The molecule has 10 nitrogen and oxygen atoms in total. The van der Waals surface area contributed by atoms with Crippen molar-refractivity contribution in [2.45, 2.75) is 18.4 Å². The van der Waals surface area contributed by atoms with Crippen LogP contribution in [0.2, 0.25) is 0 Å². The fourth-order valence-electron chi connectivity index (χ4n) is 0.949. The maximum absolute atomic E-state index is 10.7. The summed E-state index contributed by atoms with van der Waals surface area (Å²) in [4.78, 5) is 45.0. The van der Waals surface area contributed by atoms with Gasteiger partial charge in [-0.25, -0.2) is 4.79 Å². The van der Waals surface area contributed by atoms with Gasteiger partial charge in [-0.2, -0.15) is 0 Å². The van der Waals surface area contributed by atoms with Crippen LogP contribution in [0.3, 0.4) is 0 Å². The number of carboxylic acids is 3. The van der Waals surface area contributed by atoms with Crippen LogP contribution in [0, 0.1) is 10.1 Å². The summed E-state index contributed by atoms with van der Waals surface area (Å²) in [5, 5.41) is 33.8. The minimum absolute atomic E-state index is 0. The monoisotopic (exact) mass is 344 g/mol. The van der Waals surface area contributed by atoms with E-state index in [-0.39, 0.29) is 22.4 Å². The fourth-order valence-corrected chi connectivity index (χ4v) is 0.949. The molecule has 0 aromatic rings. The first-order valence-corrected chi connectivity index (χ1v) is 3.70. The van der Waals surface area contributed by atoms with Crippen molar-refractivity contribution in [1.29, 1.82) is 0 Å². The zero-order valence-electron chi connectivity index (χ0n) is 7.95. The van der Waals surface area contributed by atoms with E-state index in [1.54, 1.807) is 0 Å². The van der Waals surface area contributed by atoms with Crippen LogP contribution in [0.4, 0.5) is 0 Å². The second-order valence-electron chi connectivity index (χ2n) is 2.76. The first-order chi connectivity index (χ1) is 7.19. The molecule has 0 aliphatic rings. The Bertz CT molecular complexity index is 300. The first-order valence-electron chi connectivity index (χ1n) is 3.70. The molecule has 0 saturated heterocycles. The molecule has 0 aromatic heterocycles. The maximum Gasteiger partial charge on any atom is 0.337 e. The van der Waals surface area contributed by atoms with Gasteiger partial charge < -0.3 is 15.3 Å². The average molecular weight is 345 g/mol. The molecule has 101 valence electrons. The van der Waals surface area contributed by atoms with Gasteiger partial charge in [0.25, 0.3) is 5.09 Å². The van der Waals surface area contributed by atoms with Crippen molar-refractivity contribution >= 4 is 17.9 Å². The molecule has 0 fully saturated rings. The number of nitrogens with zero attached hydrogens (tertiary/aromatic N) is 1. The molecule has 0 unspecified atom stereocenters. The van der Waals surface area contributed by atoms with Crippen LogP contribution in [0.25, 0.3) is 0 Å². The number of rotatable bonds is 7. The molecule has 0 bridgehead atoms. The van der Waals surface area contributed by atoms with E-state index in [1.807, 2.05) is 0 Å². The summed E-state index contributed by atoms with van der Waals surface area (Å²) in [6.07, 6.45) is -2.68. The van der Waals surface area contributed by atoms with Gasteiger partial charge in [-0.3, -0.25) is 14.4 Å². The van der Waals surface area contributed by atoms with E-state index in [0.29, 0.717) is 0 Å². The fraction of sp³-hybridized carbons (Fsp3) is 0.500. The second-order valence-corrected chi connectivity index (χ2v) is 2.76. The van der Waals surface area contributed by atoms with Crippen LogP contribution in [-0.2, 0) is 41.6 Å². The molecule has 0 heterocycles. The normalized spacial score (nSPS) is 9.88. The number of hydrogen-bond donors (Lipinski definition) is 3. The summed E-state index contributed by atoms with van der Waals surface area (Å²) in [5.74, 6) is -5.50. The van der Waals surface area contributed by atoms with Gasteiger partial charge in [-0.15, -0.1) is 10.1 Å². The SMILES string of the molecule is O=C(O)CC(CC(=O)O)(O[N+](=O)[O-])C(=O)O.[Ag].